The quantitative estimate of drug-likeness (QED) is 0.746. The van der Waals surface area contributed by atoms with E-state index in [-0.39, 0.29) is 18.4 Å². The fraction of sp³-hybridized carbons (Fsp3) is 0.417. The molecular formula is C24H29N3O5. The van der Waals surface area contributed by atoms with E-state index in [2.05, 4.69) is 5.32 Å². The van der Waals surface area contributed by atoms with Crippen LogP contribution in [0.4, 0.5) is 11.4 Å². The molecule has 2 aromatic rings. The number of carbonyl (C=O) groups is 2. The number of carbonyl (C=O) groups excluding carboxylic acids is 2. The molecule has 1 atom stereocenters. The zero-order valence-electron chi connectivity index (χ0n) is 18.5. The second kappa shape index (κ2) is 9.80. The van der Waals surface area contributed by atoms with Crippen molar-refractivity contribution in [1.82, 2.24) is 4.90 Å². The van der Waals surface area contributed by atoms with Gasteiger partial charge in [0.1, 0.15) is 17.2 Å². The van der Waals surface area contributed by atoms with E-state index in [0.29, 0.717) is 29.5 Å². The van der Waals surface area contributed by atoms with E-state index in [9.17, 15) is 9.59 Å². The van der Waals surface area contributed by atoms with Crippen molar-refractivity contribution in [3.63, 3.8) is 0 Å². The van der Waals surface area contributed by atoms with Crippen LogP contribution in [0.2, 0.25) is 0 Å². The zero-order valence-corrected chi connectivity index (χ0v) is 18.5. The van der Waals surface area contributed by atoms with E-state index < -0.39 is 6.10 Å². The molecule has 0 bridgehead atoms. The molecule has 0 aromatic heterocycles. The van der Waals surface area contributed by atoms with E-state index >= 15 is 0 Å². The molecule has 2 amide bonds. The lowest BCUT2D eigenvalue weighted by atomic mass is 10.1. The van der Waals surface area contributed by atoms with Crippen molar-refractivity contribution in [3.8, 4) is 17.2 Å². The Balaban J connectivity index is 1.50. The van der Waals surface area contributed by atoms with Crippen LogP contribution < -0.4 is 24.4 Å². The lowest BCUT2D eigenvalue weighted by Crippen LogP contribution is -2.52. The van der Waals surface area contributed by atoms with Crippen LogP contribution in [-0.2, 0) is 9.59 Å². The monoisotopic (exact) mass is 439 g/mol. The van der Waals surface area contributed by atoms with Gasteiger partial charge in [0, 0.05) is 19.2 Å². The Hall–Kier alpha value is -3.42. The van der Waals surface area contributed by atoms with Crippen LogP contribution in [0.25, 0.3) is 0 Å². The molecule has 0 radical (unpaired) electrons. The summed E-state index contributed by atoms with van der Waals surface area (Å²) in [5, 5.41) is 2.90. The highest BCUT2D eigenvalue weighted by Crippen LogP contribution is 2.34. The number of hydrogen-bond acceptors (Lipinski definition) is 6. The lowest BCUT2D eigenvalue weighted by Gasteiger charge is -2.38. The number of anilines is 2. The first-order valence-electron chi connectivity index (χ1n) is 10.9. The summed E-state index contributed by atoms with van der Waals surface area (Å²) in [6, 6.07) is 12.7. The molecular weight excluding hydrogens is 410 g/mol. The van der Waals surface area contributed by atoms with Gasteiger partial charge in [-0.1, -0.05) is 12.1 Å². The smallest absolute Gasteiger partial charge is 0.265 e. The van der Waals surface area contributed by atoms with Gasteiger partial charge in [0.25, 0.3) is 5.91 Å². The van der Waals surface area contributed by atoms with Gasteiger partial charge in [-0.3, -0.25) is 9.59 Å². The van der Waals surface area contributed by atoms with Gasteiger partial charge in [0.2, 0.25) is 5.91 Å². The maximum atomic E-state index is 13.1. The molecule has 32 heavy (non-hydrogen) atoms. The number of methoxy groups -OCH3 is 2. The third kappa shape index (κ3) is 4.74. The number of ether oxygens (including phenoxy) is 3. The summed E-state index contributed by atoms with van der Waals surface area (Å²) in [5.41, 5.74) is 1.32. The molecule has 8 nitrogen and oxygen atoms in total. The maximum absolute atomic E-state index is 13.1. The number of para-hydroxylation sites is 2. The molecule has 0 aliphatic carbocycles. The van der Waals surface area contributed by atoms with Gasteiger partial charge in [0.15, 0.2) is 6.10 Å². The summed E-state index contributed by atoms with van der Waals surface area (Å²) in [6.07, 6.45) is 2.55. The van der Waals surface area contributed by atoms with Gasteiger partial charge in [-0.05, 0) is 43.5 Å². The number of amides is 2. The lowest BCUT2D eigenvalue weighted by molar-refractivity contribution is -0.139. The van der Waals surface area contributed by atoms with Gasteiger partial charge in [-0.15, -0.1) is 0 Å². The SMILES string of the molecule is COc1ccc(OC)c(NC(=O)CN2CC(C(=O)N3CCCCC3)Oc3ccccc32)c1. The molecule has 2 aliphatic rings. The number of nitrogens with zero attached hydrogens (tertiary/aromatic N) is 2. The molecule has 0 spiro atoms. The van der Waals surface area contributed by atoms with Crippen LogP contribution in [0.15, 0.2) is 42.5 Å². The second-order valence-electron chi connectivity index (χ2n) is 7.96. The van der Waals surface area contributed by atoms with E-state index in [0.717, 1.165) is 38.0 Å². The Morgan fingerprint density at radius 1 is 1.06 bits per heavy atom. The third-order valence-electron chi connectivity index (χ3n) is 5.82. The van der Waals surface area contributed by atoms with Crippen molar-refractivity contribution in [2.45, 2.75) is 25.4 Å². The summed E-state index contributed by atoms with van der Waals surface area (Å²) < 4.78 is 16.7. The Bertz CT molecular complexity index is 974. The number of fused-ring (bicyclic) bond motifs is 1. The van der Waals surface area contributed by atoms with E-state index in [1.54, 1.807) is 32.4 Å². The number of benzene rings is 2. The Morgan fingerprint density at radius 2 is 1.84 bits per heavy atom. The standard InChI is InChI=1S/C24H29N3O5/c1-30-17-10-11-20(31-2)18(14-17)25-23(28)16-27-15-22(24(29)26-12-6-3-7-13-26)32-21-9-5-4-8-19(21)27/h4-5,8-11,14,22H,3,6-7,12-13,15-16H2,1-2H3,(H,25,28). The molecule has 8 heteroatoms. The van der Waals surface area contributed by atoms with Crippen LogP contribution in [0.5, 0.6) is 17.2 Å². The zero-order chi connectivity index (χ0) is 22.5. The van der Waals surface area contributed by atoms with E-state index in [4.69, 9.17) is 14.2 Å². The van der Waals surface area contributed by atoms with Crippen LogP contribution in [0, 0.1) is 0 Å². The van der Waals surface area contributed by atoms with Gasteiger partial charge in [0.05, 0.1) is 38.7 Å². The van der Waals surface area contributed by atoms with Gasteiger partial charge in [-0.25, -0.2) is 0 Å². The van der Waals surface area contributed by atoms with Crippen molar-refractivity contribution in [2.75, 3.05) is 50.6 Å². The molecule has 170 valence electrons. The number of likely N-dealkylation sites (tertiary alicyclic amines) is 1. The molecule has 1 saturated heterocycles. The maximum Gasteiger partial charge on any atom is 0.265 e. The number of nitrogens with one attached hydrogen (secondary N) is 1. The van der Waals surface area contributed by atoms with Crippen LogP contribution in [0.1, 0.15) is 19.3 Å². The van der Waals surface area contributed by atoms with Crippen LogP contribution >= 0.6 is 0 Å². The molecule has 2 aliphatic heterocycles. The highest BCUT2D eigenvalue weighted by atomic mass is 16.5. The van der Waals surface area contributed by atoms with Crippen molar-refractivity contribution >= 4 is 23.2 Å². The normalized spacial score (nSPS) is 17.8. The first-order chi connectivity index (χ1) is 15.6. The fourth-order valence-corrected chi connectivity index (χ4v) is 4.18. The average molecular weight is 440 g/mol. The summed E-state index contributed by atoms with van der Waals surface area (Å²) in [7, 11) is 3.12. The van der Waals surface area contributed by atoms with E-state index in [1.165, 1.54) is 0 Å². The van der Waals surface area contributed by atoms with E-state index in [1.807, 2.05) is 34.1 Å². The fourth-order valence-electron chi connectivity index (χ4n) is 4.18. The Kier molecular flexibility index (Phi) is 6.68. The summed E-state index contributed by atoms with van der Waals surface area (Å²) >= 11 is 0. The van der Waals surface area contributed by atoms with Crippen molar-refractivity contribution < 1.29 is 23.8 Å². The summed E-state index contributed by atoms with van der Waals surface area (Å²) in [6.45, 7) is 1.91. The second-order valence-corrected chi connectivity index (χ2v) is 7.96. The van der Waals surface area contributed by atoms with Crippen molar-refractivity contribution in [3.05, 3.63) is 42.5 Å². The molecule has 0 saturated carbocycles. The summed E-state index contributed by atoms with van der Waals surface area (Å²) in [5.74, 6) is 1.53. The largest absolute Gasteiger partial charge is 0.497 e. The molecule has 4 rings (SSSR count). The Morgan fingerprint density at radius 3 is 2.59 bits per heavy atom. The van der Waals surface area contributed by atoms with Gasteiger partial charge in [-0.2, -0.15) is 0 Å². The highest BCUT2D eigenvalue weighted by molar-refractivity contribution is 5.96. The van der Waals surface area contributed by atoms with Gasteiger partial charge >= 0.3 is 0 Å². The number of hydrogen-bond donors (Lipinski definition) is 1. The molecule has 2 heterocycles. The first-order valence-corrected chi connectivity index (χ1v) is 10.9. The Labute approximate surface area is 188 Å². The predicted molar refractivity (Wildman–Crippen MR) is 122 cm³/mol. The topological polar surface area (TPSA) is 80.3 Å². The number of piperidine rings is 1. The molecule has 2 aromatic carbocycles. The minimum absolute atomic E-state index is 0.0147. The predicted octanol–water partition coefficient (Wildman–Crippen LogP) is 2.92. The van der Waals surface area contributed by atoms with Crippen molar-refractivity contribution in [2.24, 2.45) is 0 Å². The minimum atomic E-state index is -0.637. The summed E-state index contributed by atoms with van der Waals surface area (Å²) in [4.78, 5) is 29.8. The average Bonchev–Trinajstić information content (AvgIpc) is 2.84. The highest BCUT2D eigenvalue weighted by Gasteiger charge is 2.34. The molecule has 1 N–H and O–H groups in total. The van der Waals surface area contributed by atoms with Crippen LogP contribution in [0.3, 0.4) is 0 Å². The minimum Gasteiger partial charge on any atom is -0.497 e. The first kappa shape index (κ1) is 21.8. The van der Waals surface area contributed by atoms with Crippen LogP contribution in [-0.4, -0.2) is 63.2 Å². The third-order valence-corrected chi connectivity index (χ3v) is 5.82. The molecule has 1 unspecified atom stereocenters. The van der Waals surface area contributed by atoms with Crippen molar-refractivity contribution in [1.29, 1.82) is 0 Å². The van der Waals surface area contributed by atoms with Gasteiger partial charge < -0.3 is 29.3 Å². The number of rotatable bonds is 6. The molecule has 1 fully saturated rings.